The van der Waals surface area contributed by atoms with Gasteiger partial charge in [-0.15, -0.1) is 0 Å². The first-order valence-corrected chi connectivity index (χ1v) is 9.31. The number of amides is 1. The summed E-state index contributed by atoms with van der Waals surface area (Å²) in [6, 6.07) is 11.8. The second-order valence-corrected chi connectivity index (χ2v) is 7.22. The van der Waals surface area contributed by atoms with Crippen molar-refractivity contribution in [2.75, 3.05) is 37.7 Å². The van der Waals surface area contributed by atoms with Crippen LogP contribution in [-0.2, 0) is 4.79 Å². The summed E-state index contributed by atoms with van der Waals surface area (Å²) in [5, 5.41) is 0.742. The molecule has 1 amide bonds. The number of rotatable bonds is 4. The fourth-order valence-corrected chi connectivity index (χ4v) is 3.40. The summed E-state index contributed by atoms with van der Waals surface area (Å²) in [7, 11) is 0. The molecule has 1 heterocycles. The lowest BCUT2D eigenvalue weighted by Gasteiger charge is -2.36. The van der Waals surface area contributed by atoms with Crippen LogP contribution in [0, 0.1) is 20.8 Å². The van der Waals surface area contributed by atoms with Gasteiger partial charge >= 0.3 is 0 Å². The number of carbonyl (C=O) groups is 1. The molecule has 0 unspecified atom stereocenters. The Hall–Kier alpha value is -2.20. The van der Waals surface area contributed by atoms with E-state index in [9.17, 15) is 4.79 Å². The molecular weight excluding hydrogens is 348 g/mol. The summed E-state index contributed by atoms with van der Waals surface area (Å²) in [6.07, 6.45) is 0. The lowest BCUT2D eigenvalue weighted by Crippen LogP contribution is -2.50. The molecule has 2 aromatic carbocycles. The van der Waals surface area contributed by atoms with Crippen molar-refractivity contribution >= 4 is 23.2 Å². The van der Waals surface area contributed by atoms with Gasteiger partial charge in [0, 0.05) is 36.9 Å². The fourth-order valence-electron chi connectivity index (χ4n) is 3.23. The Morgan fingerprint density at radius 3 is 2.50 bits per heavy atom. The molecule has 1 aliphatic rings. The molecule has 0 radical (unpaired) electrons. The number of aryl methyl sites for hydroxylation is 2. The van der Waals surface area contributed by atoms with Gasteiger partial charge in [0.25, 0.3) is 5.91 Å². The lowest BCUT2D eigenvalue weighted by molar-refractivity contribution is -0.133. The van der Waals surface area contributed by atoms with Crippen molar-refractivity contribution in [3.05, 3.63) is 58.1 Å². The number of benzene rings is 2. The monoisotopic (exact) mass is 372 g/mol. The number of hydrogen-bond donors (Lipinski definition) is 0. The quantitative estimate of drug-likeness (QED) is 0.813. The summed E-state index contributed by atoms with van der Waals surface area (Å²) in [5.41, 5.74) is 4.60. The van der Waals surface area contributed by atoms with Gasteiger partial charge in [0.05, 0.1) is 0 Å². The van der Waals surface area contributed by atoms with E-state index in [0.29, 0.717) is 13.1 Å². The SMILES string of the molecule is Cc1ccc(Cl)cc1N1CCN(C(=O)COc2cccc(C)c2C)CC1. The molecular formula is C21H25ClN2O2. The minimum absolute atomic E-state index is 0.0355. The first-order chi connectivity index (χ1) is 12.5. The average molecular weight is 373 g/mol. The van der Waals surface area contributed by atoms with Gasteiger partial charge in [-0.1, -0.05) is 29.8 Å². The average Bonchev–Trinajstić information content (AvgIpc) is 2.65. The third kappa shape index (κ3) is 4.13. The number of halogens is 1. The molecule has 0 saturated carbocycles. The highest BCUT2D eigenvalue weighted by Gasteiger charge is 2.22. The van der Waals surface area contributed by atoms with Gasteiger partial charge in [-0.2, -0.15) is 0 Å². The van der Waals surface area contributed by atoms with Crippen LogP contribution in [0.4, 0.5) is 5.69 Å². The van der Waals surface area contributed by atoms with E-state index in [2.05, 4.69) is 11.8 Å². The van der Waals surface area contributed by atoms with Crippen LogP contribution in [0.25, 0.3) is 0 Å². The van der Waals surface area contributed by atoms with E-state index in [1.54, 1.807) is 0 Å². The predicted octanol–water partition coefficient (Wildman–Crippen LogP) is 3.99. The third-order valence-electron chi connectivity index (χ3n) is 5.05. The molecule has 0 N–H and O–H groups in total. The van der Waals surface area contributed by atoms with Crippen LogP contribution in [0.1, 0.15) is 16.7 Å². The van der Waals surface area contributed by atoms with Crippen LogP contribution in [0.3, 0.4) is 0 Å². The van der Waals surface area contributed by atoms with Gasteiger partial charge in [-0.25, -0.2) is 0 Å². The summed E-state index contributed by atoms with van der Waals surface area (Å²) in [5.74, 6) is 0.819. The fraction of sp³-hybridized carbons (Fsp3) is 0.381. The largest absolute Gasteiger partial charge is 0.483 e. The molecule has 1 fully saturated rings. The van der Waals surface area contributed by atoms with Crippen molar-refractivity contribution in [1.82, 2.24) is 4.90 Å². The van der Waals surface area contributed by atoms with Crippen molar-refractivity contribution < 1.29 is 9.53 Å². The Labute approximate surface area is 160 Å². The van der Waals surface area contributed by atoms with Crippen LogP contribution in [-0.4, -0.2) is 43.6 Å². The normalized spacial score (nSPS) is 14.5. The topological polar surface area (TPSA) is 32.8 Å². The van der Waals surface area contributed by atoms with E-state index in [0.717, 1.165) is 35.1 Å². The summed E-state index contributed by atoms with van der Waals surface area (Å²) < 4.78 is 5.76. The minimum Gasteiger partial charge on any atom is -0.483 e. The van der Waals surface area contributed by atoms with Crippen molar-refractivity contribution in [3.63, 3.8) is 0 Å². The highest BCUT2D eigenvalue weighted by atomic mass is 35.5. The third-order valence-corrected chi connectivity index (χ3v) is 5.29. The molecule has 26 heavy (non-hydrogen) atoms. The van der Waals surface area contributed by atoms with E-state index >= 15 is 0 Å². The summed E-state index contributed by atoms with van der Waals surface area (Å²) in [4.78, 5) is 16.7. The molecule has 1 aliphatic heterocycles. The van der Waals surface area contributed by atoms with Crippen LogP contribution in [0.15, 0.2) is 36.4 Å². The zero-order chi connectivity index (χ0) is 18.7. The molecule has 138 valence electrons. The number of carbonyl (C=O) groups excluding carboxylic acids is 1. The Morgan fingerprint density at radius 1 is 1.04 bits per heavy atom. The molecule has 1 saturated heterocycles. The Balaban J connectivity index is 1.55. The van der Waals surface area contributed by atoms with E-state index in [-0.39, 0.29) is 12.5 Å². The maximum absolute atomic E-state index is 12.5. The smallest absolute Gasteiger partial charge is 0.260 e. The zero-order valence-electron chi connectivity index (χ0n) is 15.6. The Morgan fingerprint density at radius 2 is 1.77 bits per heavy atom. The number of piperazine rings is 1. The molecule has 0 atom stereocenters. The van der Waals surface area contributed by atoms with E-state index in [1.807, 2.05) is 55.1 Å². The standard InChI is InChI=1S/C21H25ClN2O2/c1-15-5-4-6-20(17(15)3)26-14-21(25)24-11-9-23(10-12-24)19-13-18(22)8-7-16(19)2/h4-8,13H,9-12,14H2,1-3H3. The number of nitrogens with zero attached hydrogens (tertiary/aromatic N) is 2. The molecule has 5 heteroatoms. The van der Waals surface area contributed by atoms with E-state index in [1.165, 1.54) is 11.1 Å². The molecule has 4 nitrogen and oxygen atoms in total. The Kier molecular flexibility index (Phi) is 5.72. The zero-order valence-corrected chi connectivity index (χ0v) is 16.3. The van der Waals surface area contributed by atoms with Crippen molar-refractivity contribution in [2.24, 2.45) is 0 Å². The second-order valence-electron chi connectivity index (χ2n) is 6.79. The van der Waals surface area contributed by atoms with Gasteiger partial charge in [-0.05, 0) is 55.7 Å². The molecule has 0 aromatic heterocycles. The minimum atomic E-state index is 0.0355. The number of hydrogen-bond acceptors (Lipinski definition) is 3. The van der Waals surface area contributed by atoms with Crippen molar-refractivity contribution in [2.45, 2.75) is 20.8 Å². The maximum atomic E-state index is 12.5. The summed E-state index contributed by atoms with van der Waals surface area (Å²) >= 11 is 6.13. The highest BCUT2D eigenvalue weighted by molar-refractivity contribution is 6.30. The maximum Gasteiger partial charge on any atom is 0.260 e. The molecule has 0 aliphatic carbocycles. The highest BCUT2D eigenvalue weighted by Crippen LogP contribution is 2.25. The first kappa shape index (κ1) is 18.6. The van der Waals surface area contributed by atoms with Crippen LogP contribution in [0.5, 0.6) is 5.75 Å². The second kappa shape index (κ2) is 8.00. The van der Waals surface area contributed by atoms with Gasteiger partial charge in [0.15, 0.2) is 6.61 Å². The van der Waals surface area contributed by atoms with Crippen LogP contribution >= 0.6 is 11.6 Å². The lowest BCUT2D eigenvalue weighted by atomic mass is 10.1. The van der Waals surface area contributed by atoms with Gasteiger partial charge in [-0.3, -0.25) is 4.79 Å². The number of anilines is 1. The van der Waals surface area contributed by atoms with Gasteiger partial charge in [0.2, 0.25) is 0 Å². The van der Waals surface area contributed by atoms with Crippen LogP contribution in [0.2, 0.25) is 5.02 Å². The molecule has 0 bridgehead atoms. The number of ether oxygens (including phenoxy) is 1. The van der Waals surface area contributed by atoms with Crippen molar-refractivity contribution in [3.8, 4) is 5.75 Å². The molecule has 3 rings (SSSR count). The predicted molar refractivity (Wildman–Crippen MR) is 106 cm³/mol. The molecule has 2 aromatic rings. The summed E-state index contributed by atoms with van der Waals surface area (Å²) in [6.45, 7) is 9.22. The first-order valence-electron chi connectivity index (χ1n) is 8.93. The van der Waals surface area contributed by atoms with Crippen LogP contribution < -0.4 is 9.64 Å². The Bertz CT molecular complexity index is 799. The van der Waals surface area contributed by atoms with Gasteiger partial charge in [0.1, 0.15) is 5.75 Å². The van der Waals surface area contributed by atoms with Gasteiger partial charge < -0.3 is 14.5 Å². The molecule has 0 spiro atoms. The van der Waals surface area contributed by atoms with Crippen molar-refractivity contribution in [1.29, 1.82) is 0 Å². The van der Waals surface area contributed by atoms with E-state index in [4.69, 9.17) is 16.3 Å². The van der Waals surface area contributed by atoms with E-state index < -0.39 is 0 Å².